The average molecular weight is 139 g/mol. The lowest BCUT2D eigenvalue weighted by Crippen LogP contribution is -2.41. The zero-order valence-corrected chi connectivity index (χ0v) is 5.97. The van der Waals surface area contributed by atoms with Crippen molar-refractivity contribution < 1.29 is 9.53 Å². The Bertz CT molecular complexity index is 202. The summed E-state index contributed by atoms with van der Waals surface area (Å²) in [6, 6.07) is 0. The van der Waals surface area contributed by atoms with Crippen LogP contribution in [-0.2, 0) is 4.74 Å². The van der Waals surface area contributed by atoms with Crippen molar-refractivity contribution in [2.45, 2.75) is 25.5 Å². The highest BCUT2D eigenvalue weighted by Crippen LogP contribution is 2.18. The van der Waals surface area contributed by atoms with Crippen molar-refractivity contribution >= 4 is 6.09 Å². The summed E-state index contributed by atoms with van der Waals surface area (Å²) in [6.07, 6.45) is 4.22. The molecule has 1 rings (SSSR count). The first-order chi connectivity index (χ1) is 4.56. The smallest absolute Gasteiger partial charge is 0.409 e. The largest absolute Gasteiger partial charge is 0.431 e. The van der Waals surface area contributed by atoms with Crippen LogP contribution in [0.1, 0.15) is 13.8 Å². The van der Waals surface area contributed by atoms with Crippen LogP contribution in [0.25, 0.3) is 0 Å². The van der Waals surface area contributed by atoms with E-state index >= 15 is 0 Å². The lowest BCUT2D eigenvalue weighted by atomic mass is 10.00. The van der Waals surface area contributed by atoms with E-state index in [1.165, 1.54) is 0 Å². The van der Waals surface area contributed by atoms with Gasteiger partial charge in [0.1, 0.15) is 0 Å². The fraction of sp³-hybridized carbons (Fsp3) is 0.571. The van der Waals surface area contributed by atoms with Gasteiger partial charge in [-0.15, -0.1) is 6.42 Å². The Morgan fingerprint density at radius 3 is 2.60 bits per heavy atom. The van der Waals surface area contributed by atoms with Gasteiger partial charge in [-0.05, 0) is 13.8 Å². The molecule has 0 radical (unpaired) electrons. The number of amides is 1. The molecule has 1 atom stereocenters. The number of nitrogens with one attached hydrogen (secondary N) is 1. The van der Waals surface area contributed by atoms with Crippen molar-refractivity contribution in [1.29, 1.82) is 0 Å². The maximum Gasteiger partial charge on any atom is 0.409 e. The van der Waals surface area contributed by atoms with Crippen LogP contribution in [0, 0.1) is 12.3 Å². The van der Waals surface area contributed by atoms with Gasteiger partial charge in [0.15, 0.2) is 6.10 Å². The maximum absolute atomic E-state index is 10.6. The molecule has 0 aromatic carbocycles. The monoisotopic (exact) mass is 139 g/mol. The van der Waals surface area contributed by atoms with E-state index in [-0.39, 0.29) is 0 Å². The molecule has 1 amide bonds. The number of hydrogen-bond acceptors (Lipinski definition) is 2. The number of cyclic esters (lactones) is 1. The summed E-state index contributed by atoms with van der Waals surface area (Å²) in [5.41, 5.74) is -0.425. The molecule has 54 valence electrons. The molecule has 3 heteroatoms. The number of rotatable bonds is 0. The van der Waals surface area contributed by atoms with Crippen molar-refractivity contribution in [2.75, 3.05) is 0 Å². The molecular weight excluding hydrogens is 130 g/mol. The normalized spacial score (nSPS) is 28.5. The van der Waals surface area contributed by atoms with Gasteiger partial charge in [0, 0.05) is 0 Å². The molecule has 0 aromatic heterocycles. The lowest BCUT2D eigenvalue weighted by Gasteiger charge is -2.17. The number of terminal acetylenes is 1. The molecule has 1 N–H and O–H groups in total. The second kappa shape index (κ2) is 1.91. The van der Waals surface area contributed by atoms with Crippen molar-refractivity contribution in [3.05, 3.63) is 0 Å². The predicted molar refractivity (Wildman–Crippen MR) is 36.3 cm³/mol. The summed E-state index contributed by atoms with van der Waals surface area (Å²) in [6.45, 7) is 3.64. The fourth-order valence-electron chi connectivity index (χ4n) is 0.855. The molecule has 1 fully saturated rings. The molecule has 0 saturated carbocycles. The third kappa shape index (κ3) is 0.926. The van der Waals surface area contributed by atoms with Gasteiger partial charge in [0.25, 0.3) is 0 Å². The topological polar surface area (TPSA) is 38.3 Å². The van der Waals surface area contributed by atoms with Gasteiger partial charge in [-0.2, -0.15) is 0 Å². The zero-order valence-electron chi connectivity index (χ0n) is 5.97. The minimum atomic E-state index is -0.444. The molecule has 3 nitrogen and oxygen atoms in total. The van der Waals surface area contributed by atoms with Crippen LogP contribution in [-0.4, -0.2) is 17.7 Å². The SMILES string of the molecule is C#CC1OC(=O)NC1(C)C. The first-order valence-corrected chi connectivity index (χ1v) is 3.01. The highest BCUT2D eigenvalue weighted by Gasteiger charge is 2.39. The van der Waals surface area contributed by atoms with E-state index in [0.29, 0.717) is 0 Å². The Morgan fingerprint density at radius 2 is 2.40 bits per heavy atom. The van der Waals surface area contributed by atoms with E-state index in [9.17, 15) is 4.79 Å². The first-order valence-electron chi connectivity index (χ1n) is 3.01. The molecule has 0 aromatic rings. The van der Waals surface area contributed by atoms with Crippen molar-refractivity contribution in [1.82, 2.24) is 5.32 Å². The predicted octanol–water partition coefficient (Wildman–Crippen LogP) is 0.507. The number of alkyl carbamates (subject to hydrolysis) is 1. The summed E-state index contributed by atoms with van der Waals surface area (Å²) < 4.78 is 4.74. The second-order valence-electron chi connectivity index (χ2n) is 2.80. The Hall–Kier alpha value is -1.17. The third-order valence-corrected chi connectivity index (χ3v) is 1.46. The second-order valence-corrected chi connectivity index (χ2v) is 2.80. The zero-order chi connectivity index (χ0) is 7.78. The summed E-state index contributed by atoms with van der Waals surface area (Å²) >= 11 is 0. The van der Waals surface area contributed by atoms with Gasteiger partial charge >= 0.3 is 6.09 Å². The molecule has 1 aliphatic heterocycles. The lowest BCUT2D eigenvalue weighted by molar-refractivity contribution is 0.149. The fourth-order valence-corrected chi connectivity index (χ4v) is 0.855. The highest BCUT2D eigenvalue weighted by molar-refractivity contribution is 5.71. The molecule has 0 bridgehead atoms. The van der Waals surface area contributed by atoms with Crippen LogP contribution in [0.5, 0.6) is 0 Å². The van der Waals surface area contributed by atoms with Crippen molar-refractivity contribution in [3.8, 4) is 12.3 Å². The molecule has 0 spiro atoms. The minimum Gasteiger partial charge on any atom is -0.431 e. The first kappa shape index (κ1) is 6.94. The van der Waals surface area contributed by atoms with Gasteiger partial charge in [0.05, 0.1) is 5.54 Å². The molecule has 1 heterocycles. The Labute approximate surface area is 59.7 Å². The highest BCUT2D eigenvalue weighted by atomic mass is 16.6. The van der Waals surface area contributed by atoms with Gasteiger partial charge in [-0.1, -0.05) is 5.92 Å². The summed E-state index contributed by atoms with van der Waals surface area (Å²) in [7, 11) is 0. The van der Waals surface area contributed by atoms with Crippen LogP contribution >= 0.6 is 0 Å². The van der Waals surface area contributed by atoms with Crippen LogP contribution in [0.3, 0.4) is 0 Å². The number of ether oxygens (including phenoxy) is 1. The van der Waals surface area contributed by atoms with E-state index in [2.05, 4.69) is 11.2 Å². The van der Waals surface area contributed by atoms with E-state index in [1.807, 2.05) is 13.8 Å². The number of carbonyl (C=O) groups excluding carboxylic acids is 1. The Balaban J connectivity index is 2.79. The van der Waals surface area contributed by atoms with E-state index < -0.39 is 17.7 Å². The molecule has 0 aliphatic carbocycles. The molecular formula is C7H9NO2. The average Bonchev–Trinajstić information content (AvgIpc) is 2.04. The summed E-state index contributed by atoms with van der Waals surface area (Å²) in [5, 5.41) is 2.59. The minimum absolute atomic E-state index is 0.425. The van der Waals surface area contributed by atoms with Crippen LogP contribution < -0.4 is 5.32 Å². The van der Waals surface area contributed by atoms with Gasteiger partial charge in [0.2, 0.25) is 0 Å². The molecule has 1 unspecified atom stereocenters. The van der Waals surface area contributed by atoms with Crippen molar-refractivity contribution in [2.24, 2.45) is 0 Å². The van der Waals surface area contributed by atoms with Crippen LogP contribution in [0.2, 0.25) is 0 Å². The quantitative estimate of drug-likeness (QED) is 0.496. The molecule has 1 aliphatic rings. The summed E-state index contributed by atoms with van der Waals surface area (Å²) in [4.78, 5) is 10.6. The van der Waals surface area contributed by atoms with Crippen LogP contribution in [0.4, 0.5) is 4.79 Å². The van der Waals surface area contributed by atoms with Gasteiger partial charge in [-0.25, -0.2) is 4.79 Å². The van der Waals surface area contributed by atoms with Crippen LogP contribution in [0.15, 0.2) is 0 Å². The number of carbonyl (C=O) groups is 1. The Morgan fingerprint density at radius 1 is 1.80 bits per heavy atom. The number of hydrogen-bond donors (Lipinski definition) is 1. The molecule has 10 heavy (non-hydrogen) atoms. The van der Waals surface area contributed by atoms with E-state index in [4.69, 9.17) is 11.2 Å². The van der Waals surface area contributed by atoms with Gasteiger partial charge in [-0.3, -0.25) is 0 Å². The van der Waals surface area contributed by atoms with Crippen molar-refractivity contribution in [3.63, 3.8) is 0 Å². The standard InChI is InChI=1S/C7H9NO2/c1-4-5-7(2,3)8-6(9)10-5/h1,5H,2-3H3,(H,8,9). The maximum atomic E-state index is 10.6. The molecule has 1 saturated heterocycles. The van der Waals surface area contributed by atoms with E-state index in [0.717, 1.165) is 0 Å². The van der Waals surface area contributed by atoms with Gasteiger partial charge < -0.3 is 10.1 Å². The third-order valence-electron chi connectivity index (χ3n) is 1.46. The summed E-state index contributed by atoms with van der Waals surface area (Å²) in [5.74, 6) is 2.38. The van der Waals surface area contributed by atoms with E-state index in [1.54, 1.807) is 0 Å². The Kier molecular flexibility index (Phi) is 1.33.